The number of benzene rings is 1. The Morgan fingerprint density at radius 3 is 2.94 bits per heavy atom. The van der Waals surface area contributed by atoms with E-state index in [1.165, 1.54) is 12.1 Å². The van der Waals surface area contributed by atoms with Crippen molar-refractivity contribution in [1.29, 1.82) is 0 Å². The van der Waals surface area contributed by atoms with E-state index in [2.05, 4.69) is 31.2 Å². The first kappa shape index (κ1) is 12.8. The molecule has 6 heteroatoms. The van der Waals surface area contributed by atoms with Gasteiger partial charge in [-0.3, -0.25) is 4.79 Å². The van der Waals surface area contributed by atoms with Crippen molar-refractivity contribution in [1.82, 2.24) is 15.3 Å². The summed E-state index contributed by atoms with van der Waals surface area (Å²) in [6.07, 6.45) is 3.26. The molecule has 0 bridgehead atoms. The third-order valence-corrected chi connectivity index (χ3v) is 3.13. The van der Waals surface area contributed by atoms with Crippen LogP contribution in [0.25, 0.3) is 0 Å². The van der Waals surface area contributed by atoms with Gasteiger partial charge >= 0.3 is 0 Å². The number of carbonyl (C=O) groups is 1. The molecule has 0 radical (unpaired) electrons. The minimum absolute atomic E-state index is 0.00379. The van der Waals surface area contributed by atoms with Crippen LogP contribution in [0.1, 0.15) is 29.1 Å². The maximum atomic E-state index is 13.6. The van der Waals surface area contributed by atoms with Gasteiger partial charge in [-0.2, -0.15) is 0 Å². The lowest BCUT2D eigenvalue weighted by atomic mass is 10.2. The highest BCUT2D eigenvalue weighted by Gasteiger charge is 2.18. The molecule has 1 unspecified atom stereocenters. The summed E-state index contributed by atoms with van der Waals surface area (Å²) in [5, 5.41) is 2.68. The van der Waals surface area contributed by atoms with Crippen molar-refractivity contribution < 1.29 is 9.18 Å². The van der Waals surface area contributed by atoms with Crippen LogP contribution in [0.2, 0.25) is 0 Å². The van der Waals surface area contributed by atoms with E-state index in [0.717, 1.165) is 0 Å². The fourth-order valence-electron chi connectivity index (χ4n) is 1.57. The van der Waals surface area contributed by atoms with Crippen LogP contribution in [-0.4, -0.2) is 15.9 Å². The summed E-state index contributed by atoms with van der Waals surface area (Å²) in [4.78, 5) is 18.9. The quantitative estimate of drug-likeness (QED) is 0.915. The van der Waals surface area contributed by atoms with Crippen LogP contribution in [-0.2, 0) is 0 Å². The number of imidazole rings is 1. The van der Waals surface area contributed by atoms with Crippen molar-refractivity contribution in [2.24, 2.45) is 0 Å². The highest BCUT2D eigenvalue weighted by molar-refractivity contribution is 9.10. The smallest absolute Gasteiger partial charge is 0.255 e. The first-order valence-electron chi connectivity index (χ1n) is 5.33. The normalized spacial score (nSPS) is 12.2. The van der Waals surface area contributed by atoms with Crippen LogP contribution in [0.4, 0.5) is 4.39 Å². The number of rotatable bonds is 3. The van der Waals surface area contributed by atoms with Crippen molar-refractivity contribution in [3.63, 3.8) is 0 Å². The van der Waals surface area contributed by atoms with E-state index >= 15 is 0 Å². The summed E-state index contributed by atoms with van der Waals surface area (Å²) in [6.45, 7) is 1.77. The molecule has 0 fully saturated rings. The van der Waals surface area contributed by atoms with E-state index in [1.54, 1.807) is 25.4 Å². The lowest BCUT2D eigenvalue weighted by molar-refractivity contribution is 0.0933. The molecule has 0 aliphatic rings. The van der Waals surface area contributed by atoms with Crippen molar-refractivity contribution in [2.75, 3.05) is 0 Å². The molecule has 18 heavy (non-hydrogen) atoms. The third-order valence-electron chi connectivity index (χ3n) is 2.47. The second kappa shape index (κ2) is 5.30. The largest absolute Gasteiger partial charge is 0.347 e. The number of H-pyrrole nitrogens is 1. The van der Waals surface area contributed by atoms with E-state index in [4.69, 9.17) is 0 Å². The molecule has 1 amide bonds. The highest BCUT2D eigenvalue weighted by Crippen LogP contribution is 2.20. The Kier molecular flexibility index (Phi) is 3.76. The van der Waals surface area contributed by atoms with Crippen molar-refractivity contribution in [3.05, 3.63) is 52.3 Å². The number of nitrogens with zero attached hydrogens (tertiary/aromatic N) is 1. The van der Waals surface area contributed by atoms with Crippen LogP contribution >= 0.6 is 15.9 Å². The number of hydrogen-bond donors (Lipinski definition) is 2. The molecule has 0 aliphatic heterocycles. The van der Waals surface area contributed by atoms with Gasteiger partial charge in [0.2, 0.25) is 0 Å². The van der Waals surface area contributed by atoms with Gasteiger partial charge in [0.25, 0.3) is 5.91 Å². The Balaban J connectivity index is 2.18. The molecule has 1 aromatic heterocycles. The standard InChI is InChI=1S/C12H11BrFN3O/c1-7(11-15-5-6-16-11)17-12(18)10-8(13)3-2-4-9(10)14/h2-7H,1H3,(H,15,16)(H,17,18). The monoisotopic (exact) mass is 311 g/mol. The maximum Gasteiger partial charge on any atom is 0.255 e. The van der Waals surface area contributed by atoms with E-state index in [1.807, 2.05) is 0 Å². The molecule has 4 nitrogen and oxygen atoms in total. The Hall–Kier alpha value is -1.69. The molecule has 1 heterocycles. The number of nitrogens with one attached hydrogen (secondary N) is 2. The first-order chi connectivity index (χ1) is 8.59. The average Bonchev–Trinajstić information content (AvgIpc) is 2.81. The Labute approximate surface area is 112 Å². The van der Waals surface area contributed by atoms with Gasteiger partial charge in [0.05, 0.1) is 11.6 Å². The molecule has 0 saturated carbocycles. The van der Waals surface area contributed by atoms with Gasteiger partial charge in [-0.1, -0.05) is 6.07 Å². The molecule has 0 aliphatic carbocycles. The number of carbonyl (C=O) groups excluding carboxylic acids is 1. The fraction of sp³-hybridized carbons (Fsp3) is 0.167. The van der Waals surface area contributed by atoms with Crippen LogP contribution < -0.4 is 5.32 Å². The average molecular weight is 312 g/mol. The Bertz CT molecular complexity index is 536. The van der Waals surface area contributed by atoms with Gasteiger partial charge in [-0.05, 0) is 35.0 Å². The molecule has 0 saturated heterocycles. The molecule has 0 spiro atoms. The summed E-state index contributed by atoms with van der Waals surface area (Å²) in [5.74, 6) is -0.423. The number of aromatic nitrogens is 2. The van der Waals surface area contributed by atoms with Gasteiger partial charge < -0.3 is 10.3 Å². The second-order valence-electron chi connectivity index (χ2n) is 3.77. The summed E-state index contributed by atoms with van der Waals surface area (Å²) < 4.78 is 14.0. The zero-order valence-corrected chi connectivity index (χ0v) is 11.2. The lowest BCUT2D eigenvalue weighted by Gasteiger charge is -2.12. The van der Waals surface area contributed by atoms with Crippen molar-refractivity contribution in [2.45, 2.75) is 13.0 Å². The van der Waals surface area contributed by atoms with Crippen molar-refractivity contribution >= 4 is 21.8 Å². The van der Waals surface area contributed by atoms with E-state index in [0.29, 0.717) is 10.3 Å². The molecule has 2 rings (SSSR count). The van der Waals surface area contributed by atoms with Gasteiger partial charge in [-0.15, -0.1) is 0 Å². The summed E-state index contributed by atoms with van der Waals surface area (Å²) in [6, 6.07) is 4.08. The van der Waals surface area contributed by atoms with Crippen LogP contribution in [0.5, 0.6) is 0 Å². The molecule has 2 N–H and O–H groups in total. The van der Waals surface area contributed by atoms with Gasteiger partial charge in [0.1, 0.15) is 11.6 Å². The molecule has 1 aromatic carbocycles. The number of aromatic amines is 1. The second-order valence-corrected chi connectivity index (χ2v) is 4.62. The molecular formula is C12H11BrFN3O. The molecular weight excluding hydrogens is 301 g/mol. The molecule has 94 valence electrons. The fourth-order valence-corrected chi connectivity index (χ4v) is 2.09. The minimum Gasteiger partial charge on any atom is -0.347 e. The predicted molar refractivity (Wildman–Crippen MR) is 68.6 cm³/mol. The molecule has 1 atom stereocenters. The van der Waals surface area contributed by atoms with Gasteiger partial charge in [0.15, 0.2) is 0 Å². The van der Waals surface area contributed by atoms with Crippen LogP contribution in [0.15, 0.2) is 35.1 Å². The lowest BCUT2D eigenvalue weighted by Crippen LogP contribution is -2.28. The predicted octanol–water partition coefficient (Wildman–Crippen LogP) is 2.80. The van der Waals surface area contributed by atoms with Gasteiger partial charge in [-0.25, -0.2) is 9.37 Å². The summed E-state index contributed by atoms with van der Waals surface area (Å²) in [5.41, 5.74) is -0.00379. The van der Waals surface area contributed by atoms with E-state index in [-0.39, 0.29) is 11.6 Å². The van der Waals surface area contributed by atoms with E-state index < -0.39 is 11.7 Å². The van der Waals surface area contributed by atoms with Gasteiger partial charge in [0, 0.05) is 16.9 Å². The van der Waals surface area contributed by atoms with Crippen LogP contribution in [0, 0.1) is 5.82 Å². The first-order valence-corrected chi connectivity index (χ1v) is 6.13. The maximum absolute atomic E-state index is 13.6. The summed E-state index contributed by atoms with van der Waals surface area (Å²) >= 11 is 3.16. The zero-order valence-electron chi connectivity index (χ0n) is 9.58. The Morgan fingerprint density at radius 2 is 2.33 bits per heavy atom. The number of hydrogen-bond acceptors (Lipinski definition) is 2. The number of halogens is 2. The van der Waals surface area contributed by atoms with Crippen LogP contribution in [0.3, 0.4) is 0 Å². The Morgan fingerprint density at radius 1 is 1.56 bits per heavy atom. The summed E-state index contributed by atoms with van der Waals surface area (Å²) in [7, 11) is 0. The van der Waals surface area contributed by atoms with E-state index in [9.17, 15) is 9.18 Å². The van der Waals surface area contributed by atoms with Crippen molar-refractivity contribution in [3.8, 4) is 0 Å². The zero-order chi connectivity index (χ0) is 13.1. The minimum atomic E-state index is -0.562. The highest BCUT2D eigenvalue weighted by atomic mass is 79.9. The number of amides is 1. The molecule has 2 aromatic rings. The topological polar surface area (TPSA) is 57.8 Å². The SMILES string of the molecule is CC(NC(=O)c1c(F)cccc1Br)c1ncc[nH]1. The third kappa shape index (κ3) is 2.59.